The molecule has 1 heterocycles. The zero-order chi connectivity index (χ0) is 13.6. The lowest BCUT2D eigenvalue weighted by Crippen LogP contribution is -2.51. The smallest absolute Gasteiger partial charge is 0.323 e. The summed E-state index contributed by atoms with van der Waals surface area (Å²) in [6.07, 6.45) is 2.86. The van der Waals surface area contributed by atoms with Crippen LogP contribution in [0, 0.1) is 5.41 Å². The Morgan fingerprint density at radius 2 is 2.06 bits per heavy atom. The molecule has 5 nitrogen and oxygen atoms in total. The number of carbonyl (C=O) groups is 1. The second-order valence-corrected chi connectivity index (χ2v) is 5.36. The maximum Gasteiger partial charge on any atom is 0.323 e. The molecule has 0 aromatic carbocycles. The van der Waals surface area contributed by atoms with E-state index in [0.717, 1.165) is 25.8 Å². The number of hydrogen-bond donors (Lipinski definition) is 2. The van der Waals surface area contributed by atoms with Crippen LogP contribution in [0.3, 0.4) is 0 Å². The van der Waals surface area contributed by atoms with Crippen LogP contribution >= 0.6 is 0 Å². The lowest BCUT2D eigenvalue weighted by atomic mass is 9.90. The van der Waals surface area contributed by atoms with Crippen molar-refractivity contribution in [1.29, 1.82) is 0 Å². The highest BCUT2D eigenvalue weighted by atomic mass is 16.5. The van der Waals surface area contributed by atoms with Crippen molar-refractivity contribution >= 4 is 5.97 Å². The van der Waals surface area contributed by atoms with Gasteiger partial charge in [0.05, 0.1) is 19.8 Å². The normalized spacial score (nSPS) is 21.9. The molecule has 0 bridgehead atoms. The fourth-order valence-corrected chi connectivity index (χ4v) is 2.33. The largest absolute Gasteiger partial charge is 0.465 e. The molecule has 0 amide bonds. The monoisotopic (exact) mass is 259 g/mol. The second kappa shape index (κ2) is 7.07. The standard InChI is InChI=1S/C13H25NO4/c1-3-18-12(17)11-6-4-5-7-14(11)8-13(2,9-15)10-16/h11,15-16H,3-10H2,1-2H3. The predicted molar refractivity (Wildman–Crippen MR) is 68.1 cm³/mol. The van der Waals surface area contributed by atoms with Crippen molar-refractivity contribution in [2.75, 3.05) is 32.9 Å². The Hall–Kier alpha value is -0.650. The number of rotatable bonds is 6. The fourth-order valence-electron chi connectivity index (χ4n) is 2.33. The minimum Gasteiger partial charge on any atom is -0.465 e. The van der Waals surface area contributed by atoms with Gasteiger partial charge in [0.25, 0.3) is 0 Å². The molecule has 1 fully saturated rings. The van der Waals surface area contributed by atoms with Crippen molar-refractivity contribution in [1.82, 2.24) is 4.90 Å². The van der Waals surface area contributed by atoms with E-state index in [1.807, 2.05) is 11.8 Å². The molecule has 1 rings (SSSR count). The molecular weight excluding hydrogens is 234 g/mol. The summed E-state index contributed by atoms with van der Waals surface area (Å²) in [5.41, 5.74) is -0.567. The number of ether oxygens (including phenoxy) is 1. The van der Waals surface area contributed by atoms with Gasteiger partial charge in [0.15, 0.2) is 0 Å². The van der Waals surface area contributed by atoms with E-state index in [0.29, 0.717) is 13.2 Å². The lowest BCUT2D eigenvalue weighted by molar-refractivity contribution is -0.152. The number of carbonyl (C=O) groups excluding carboxylic acids is 1. The van der Waals surface area contributed by atoms with E-state index < -0.39 is 5.41 Å². The summed E-state index contributed by atoms with van der Waals surface area (Å²) < 4.78 is 5.09. The molecule has 18 heavy (non-hydrogen) atoms. The quantitative estimate of drug-likeness (QED) is 0.676. The van der Waals surface area contributed by atoms with Crippen molar-refractivity contribution in [3.63, 3.8) is 0 Å². The van der Waals surface area contributed by atoms with E-state index in [1.165, 1.54) is 0 Å². The first-order valence-corrected chi connectivity index (χ1v) is 6.68. The zero-order valence-corrected chi connectivity index (χ0v) is 11.4. The van der Waals surface area contributed by atoms with Crippen LogP contribution < -0.4 is 0 Å². The maximum absolute atomic E-state index is 11.9. The first kappa shape index (κ1) is 15.4. The van der Waals surface area contributed by atoms with E-state index in [1.54, 1.807) is 6.92 Å². The Labute approximate surface area is 109 Å². The molecule has 1 unspecified atom stereocenters. The molecular formula is C13H25NO4. The first-order valence-electron chi connectivity index (χ1n) is 6.68. The topological polar surface area (TPSA) is 70.0 Å². The van der Waals surface area contributed by atoms with Crippen molar-refractivity contribution in [3.8, 4) is 0 Å². The van der Waals surface area contributed by atoms with Gasteiger partial charge in [-0.3, -0.25) is 9.69 Å². The van der Waals surface area contributed by atoms with Crippen molar-refractivity contribution in [2.24, 2.45) is 5.41 Å². The Bertz CT molecular complexity index is 266. The number of hydrogen-bond acceptors (Lipinski definition) is 5. The predicted octanol–water partition coefficient (Wildman–Crippen LogP) is 0.395. The Kier molecular flexibility index (Phi) is 6.05. The van der Waals surface area contributed by atoms with Crippen LogP contribution in [0.4, 0.5) is 0 Å². The average Bonchev–Trinajstić information content (AvgIpc) is 2.39. The molecule has 0 saturated carbocycles. The van der Waals surface area contributed by atoms with Crippen LogP contribution in [0.25, 0.3) is 0 Å². The summed E-state index contributed by atoms with van der Waals surface area (Å²) in [4.78, 5) is 13.9. The van der Waals surface area contributed by atoms with Crippen molar-refractivity contribution < 1.29 is 19.7 Å². The third kappa shape index (κ3) is 3.93. The van der Waals surface area contributed by atoms with Gasteiger partial charge in [-0.2, -0.15) is 0 Å². The molecule has 0 radical (unpaired) electrons. The van der Waals surface area contributed by atoms with Gasteiger partial charge in [0.1, 0.15) is 6.04 Å². The SMILES string of the molecule is CCOC(=O)C1CCCCN1CC(C)(CO)CO. The van der Waals surface area contributed by atoms with Gasteiger partial charge in [0, 0.05) is 12.0 Å². The lowest BCUT2D eigenvalue weighted by Gasteiger charge is -2.39. The highest BCUT2D eigenvalue weighted by Crippen LogP contribution is 2.24. The fraction of sp³-hybridized carbons (Fsp3) is 0.923. The number of esters is 1. The minimum atomic E-state index is -0.567. The summed E-state index contributed by atoms with van der Waals surface area (Å²) in [5, 5.41) is 18.7. The molecule has 0 aliphatic carbocycles. The van der Waals surface area contributed by atoms with Gasteiger partial charge >= 0.3 is 5.97 Å². The molecule has 0 aromatic heterocycles. The van der Waals surface area contributed by atoms with Crippen LogP contribution in [0.2, 0.25) is 0 Å². The summed E-state index contributed by atoms with van der Waals surface area (Å²) in [6.45, 7) is 5.18. The van der Waals surface area contributed by atoms with Gasteiger partial charge in [-0.05, 0) is 26.3 Å². The third-order valence-corrected chi connectivity index (χ3v) is 3.52. The van der Waals surface area contributed by atoms with Gasteiger partial charge in [-0.15, -0.1) is 0 Å². The van der Waals surface area contributed by atoms with E-state index in [2.05, 4.69) is 0 Å². The molecule has 1 aliphatic heterocycles. The Morgan fingerprint density at radius 1 is 1.39 bits per heavy atom. The van der Waals surface area contributed by atoms with Crippen LogP contribution in [0.5, 0.6) is 0 Å². The highest BCUT2D eigenvalue weighted by molar-refractivity contribution is 5.75. The third-order valence-electron chi connectivity index (χ3n) is 3.52. The van der Waals surface area contributed by atoms with Gasteiger partial charge in [0.2, 0.25) is 0 Å². The van der Waals surface area contributed by atoms with Crippen LogP contribution in [-0.2, 0) is 9.53 Å². The minimum absolute atomic E-state index is 0.0878. The summed E-state index contributed by atoms with van der Waals surface area (Å²) >= 11 is 0. The van der Waals surface area contributed by atoms with Crippen molar-refractivity contribution in [2.45, 2.75) is 39.2 Å². The average molecular weight is 259 g/mol. The molecule has 0 spiro atoms. The molecule has 1 atom stereocenters. The van der Waals surface area contributed by atoms with E-state index in [9.17, 15) is 15.0 Å². The molecule has 106 valence electrons. The highest BCUT2D eigenvalue weighted by Gasteiger charge is 2.34. The number of aliphatic hydroxyl groups is 2. The summed E-state index contributed by atoms with van der Waals surface area (Å²) in [6, 6.07) is -0.226. The summed E-state index contributed by atoms with van der Waals surface area (Å²) in [5.74, 6) is -0.185. The van der Waals surface area contributed by atoms with E-state index in [-0.39, 0.29) is 25.2 Å². The molecule has 0 aromatic rings. The van der Waals surface area contributed by atoms with Crippen LogP contribution in [-0.4, -0.2) is 60.0 Å². The number of piperidine rings is 1. The van der Waals surface area contributed by atoms with Gasteiger partial charge < -0.3 is 14.9 Å². The zero-order valence-electron chi connectivity index (χ0n) is 11.4. The maximum atomic E-state index is 11.9. The Balaban J connectivity index is 2.67. The van der Waals surface area contributed by atoms with Gasteiger partial charge in [-0.25, -0.2) is 0 Å². The second-order valence-electron chi connectivity index (χ2n) is 5.36. The van der Waals surface area contributed by atoms with E-state index in [4.69, 9.17) is 4.74 Å². The Morgan fingerprint density at radius 3 is 2.61 bits per heavy atom. The van der Waals surface area contributed by atoms with E-state index >= 15 is 0 Å². The number of aliphatic hydroxyl groups excluding tert-OH is 2. The molecule has 1 aliphatic rings. The summed E-state index contributed by atoms with van der Waals surface area (Å²) in [7, 11) is 0. The molecule has 1 saturated heterocycles. The number of nitrogens with zero attached hydrogens (tertiary/aromatic N) is 1. The molecule has 2 N–H and O–H groups in total. The van der Waals surface area contributed by atoms with Crippen LogP contribution in [0.15, 0.2) is 0 Å². The molecule has 5 heteroatoms. The van der Waals surface area contributed by atoms with Gasteiger partial charge in [-0.1, -0.05) is 13.3 Å². The number of likely N-dealkylation sites (tertiary alicyclic amines) is 1. The van der Waals surface area contributed by atoms with Crippen LogP contribution in [0.1, 0.15) is 33.1 Å². The first-order chi connectivity index (χ1) is 8.56. The van der Waals surface area contributed by atoms with Crippen molar-refractivity contribution in [3.05, 3.63) is 0 Å².